The Morgan fingerprint density at radius 2 is 1.70 bits per heavy atom. The Hall–Kier alpha value is -2.58. The summed E-state index contributed by atoms with van der Waals surface area (Å²) < 4.78 is 45.3. The van der Waals surface area contributed by atoms with Gasteiger partial charge >= 0.3 is 12.1 Å². The lowest BCUT2D eigenvalue weighted by Crippen LogP contribution is -2.16. The molecule has 0 heterocycles. The molecule has 0 fully saturated rings. The molecule has 5 nitrogen and oxygen atoms in total. The van der Waals surface area contributed by atoms with Crippen molar-refractivity contribution in [3.8, 4) is 0 Å². The van der Waals surface area contributed by atoms with Crippen molar-refractivity contribution in [3.63, 3.8) is 0 Å². The largest absolute Gasteiger partial charge is 0.465 e. The molecule has 27 heavy (non-hydrogen) atoms. The Bertz CT molecular complexity index is 822. The van der Waals surface area contributed by atoms with E-state index in [-0.39, 0.29) is 28.4 Å². The minimum atomic E-state index is -4.39. The number of halogens is 4. The van der Waals surface area contributed by atoms with Gasteiger partial charge in [-0.3, -0.25) is 4.79 Å². The van der Waals surface area contributed by atoms with Crippen LogP contribution >= 0.6 is 11.6 Å². The number of hydrogen-bond acceptors (Lipinski definition) is 4. The van der Waals surface area contributed by atoms with Crippen LogP contribution in [0.1, 0.15) is 26.3 Å². The first kappa shape index (κ1) is 20.7. The maximum absolute atomic E-state index is 12.3. The number of carbonyl (C=O) groups is 2. The lowest BCUT2D eigenvalue weighted by molar-refractivity contribution is -0.176. The molecule has 0 bridgehead atoms. The molecule has 2 aromatic carbocycles. The van der Waals surface area contributed by atoms with Crippen LogP contribution in [-0.4, -0.2) is 31.8 Å². The van der Waals surface area contributed by atoms with E-state index in [0.717, 1.165) is 0 Å². The molecular formula is C18H15ClF3NO4. The van der Waals surface area contributed by atoms with Crippen molar-refractivity contribution in [1.29, 1.82) is 0 Å². The number of benzene rings is 2. The van der Waals surface area contributed by atoms with E-state index in [0.29, 0.717) is 5.56 Å². The summed E-state index contributed by atoms with van der Waals surface area (Å²) in [5, 5.41) is 2.80. The number of methoxy groups -OCH3 is 1. The number of anilines is 1. The highest BCUT2D eigenvalue weighted by atomic mass is 35.5. The zero-order valence-corrected chi connectivity index (χ0v) is 14.9. The van der Waals surface area contributed by atoms with Gasteiger partial charge in [0.25, 0.3) is 5.91 Å². The second kappa shape index (κ2) is 8.88. The van der Waals surface area contributed by atoms with Gasteiger partial charge in [-0.05, 0) is 35.9 Å². The molecule has 1 amide bonds. The summed E-state index contributed by atoms with van der Waals surface area (Å²) in [4.78, 5) is 23.9. The van der Waals surface area contributed by atoms with Crippen LogP contribution < -0.4 is 5.32 Å². The molecule has 0 aliphatic carbocycles. The van der Waals surface area contributed by atoms with Gasteiger partial charge in [-0.1, -0.05) is 23.7 Å². The van der Waals surface area contributed by atoms with Crippen molar-refractivity contribution in [2.75, 3.05) is 19.0 Å². The molecule has 0 saturated carbocycles. The van der Waals surface area contributed by atoms with Crippen LogP contribution in [0.5, 0.6) is 0 Å². The van der Waals surface area contributed by atoms with E-state index < -0.39 is 24.7 Å². The zero-order chi connectivity index (χ0) is 20.0. The molecular weight excluding hydrogens is 387 g/mol. The van der Waals surface area contributed by atoms with Crippen LogP contribution in [-0.2, 0) is 16.1 Å². The molecule has 9 heteroatoms. The zero-order valence-electron chi connectivity index (χ0n) is 14.1. The molecule has 144 valence electrons. The van der Waals surface area contributed by atoms with Gasteiger partial charge in [0.1, 0.15) is 6.61 Å². The molecule has 0 saturated heterocycles. The SMILES string of the molecule is COC(=O)c1ccc(Cl)c(NC(=O)c2ccc(COCC(F)(F)F)cc2)c1. The Kier molecular flexibility index (Phi) is 6.81. The summed E-state index contributed by atoms with van der Waals surface area (Å²) in [6.45, 7) is -1.57. The van der Waals surface area contributed by atoms with Crippen molar-refractivity contribution in [3.05, 3.63) is 64.2 Å². The van der Waals surface area contributed by atoms with Gasteiger partial charge in [0.15, 0.2) is 0 Å². The first-order valence-corrected chi connectivity index (χ1v) is 8.00. The highest BCUT2D eigenvalue weighted by Gasteiger charge is 2.27. The van der Waals surface area contributed by atoms with Crippen LogP contribution in [0.2, 0.25) is 5.02 Å². The summed E-state index contributed by atoms with van der Waals surface area (Å²) in [7, 11) is 1.23. The number of nitrogens with one attached hydrogen (secondary N) is 1. The van der Waals surface area contributed by atoms with E-state index in [4.69, 9.17) is 11.6 Å². The minimum absolute atomic E-state index is 0.217. The number of rotatable bonds is 6. The number of esters is 1. The van der Waals surface area contributed by atoms with E-state index >= 15 is 0 Å². The highest BCUT2D eigenvalue weighted by molar-refractivity contribution is 6.34. The average Bonchev–Trinajstić information content (AvgIpc) is 2.62. The second-order valence-electron chi connectivity index (χ2n) is 5.45. The van der Waals surface area contributed by atoms with Crippen LogP contribution in [0.15, 0.2) is 42.5 Å². The van der Waals surface area contributed by atoms with E-state index in [2.05, 4.69) is 14.8 Å². The van der Waals surface area contributed by atoms with Crippen molar-refractivity contribution in [1.82, 2.24) is 0 Å². The summed E-state index contributed by atoms with van der Waals surface area (Å²) in [5.41, 5.74) is 1.19. The van der Waals surface area contributed by atoms with Crippen LogP contribution in [0.3, 0.4) is 0 Å². The molecule has 0 atom stereocenters. The summed E-state index contributed by atoms with van der Waals surface area (Å²) in [5.74, 6) is -1.08. The second-order valence-corrected chi connectivity index (χ2v) is 5.85. The first-order chi connectivity index (χ1) is 12.7. The normalized spacial score (nSPS) is 11.1. The van der Waals surface area contributed by atoms with Crippen molar-refractivity contribution < 1.29 is 32.2 Å². The number of hydrogen-bond donors (Lipinski definition) is 1. The summed E-state index contributed by atoms with van der Waals surface area (Å²) in [6.07, 6.45) is -4.39. The minimum Gasteiger partial charge on any atom is -0.465 e. The van der Waals surface area contributed by atoms with E-state index in [1.807, 2.05) is 0 Å². The van der Waals surface area contributed by atoms with Crippen LogP contribution in [0.25, 0.3) is 0 Å². The average molecular weight is 402 g/mol. The van der Waals surface area contributed by atoms with Crippen LogP contribution in [0, 0.1) is 0 Å². The summed E-state index contributed by atoms with van der Waals surface area (Å²) >= 11 is 6.02. The third-order valence-corrected chi connectivity index (χ3v) is 3.72. The Labute approximate surface area is 158 Å². The fourth-order valence-corrected chi connectivity index (χ4v) is 2.26. The number of alkyl halides is 3. The predicted octanol–water partition coefficient (Wildman–Crippen LogP) is 4.46. The predicted molar refractivity (Wildman–Crippen MR) is 92.9 cm³/mol. The van der Waals surface area contributed by atoms with Gasteiger partial charge in [0.05, 0.1) is 30.0 Å². The van der Waals surface area contributed by atoms with Gasteiger partial charge in [-0.2, -0.15) is 13.2 Å². The van der Waals surface area contributed by atoms with Crippen molar-refractivity contribution in [2.45, 2.75) is 12.8 Å². The molecule has 0 unspecified atom stereocenters. The number of carbonyl (C=O) groups excluding carboxylic acids is 2. The molecule has 0 aliphatic heterocycles. The topological polar surface area (TPSA) is 64.6 Å². The lowest BCUT2D eigenvalue weighted by atomic mass is 10.1. The quantitative estimate of drug-likeness (QED) is 0.726. The first-order valence-electron chi connectivity index (χ1n) is 7.62. The van der Waals surface area contributed by atoms with Crippen molar-refractivity contribution >= 4 is 29.2 Å². The van der Waals surface area contributed by atoms with E-state index in [1.165, 1.54) is 49.6 Å². The fraction of sp³-hybridized carbons (Fsp3) is 0.222. The maximum atomic E-state index is 12.3. The molecule has 2 rings (SSSR count). The number of ether oxygens (including phenoxy) is 2. The van der Waals surface area contributed by atoms with Crippen molar-refractivity contribution in [2.24, 2.45) is 0 Å². The van der Waals surface area contributed by atoms with E-state index in [1.54, 1.807) is 0 Å². The molecule has 0 radical (unpaired) electrons. The number of amides is 1. The third kappa shape index (κ3) is 6.26. The monoisotopic (exact) mass is 401 g/mol. The summed E-state index contributed by atoms with van der Waals surface area (Å²) in [6, 6.07) is 10.1. The molecule has 2 aromatic rings. The van der Waals surface area contributed by atoms with Gasteiger partial charge in [0.2, 0.25) is 0 Å². The molecule has 0 aliphatic rings. The molecule has 0 spiro atoms. The maximum Gasteiger partial charge on any atom is 0.411 e. The van der Waals surface area contributed by atoms with Gasteiger partial charge in [-0.15, -0.1) is 0 Å². The van der Waals surface area contributed by atoms with Crippen LogP contribution in [0.4, 0.5) is 18.9 Å². The third-order valence-electron chi connectivity index (χ3n) is 3.39. The fourth-order valence-electron chi connectivity index (χ4n) is 2.10. The van der Waals surface area contributed by atoms with Gasteiger partial charge in [0, 0.05) is 5.56 Å². The Balaban J connectivity index is 2.03. The van der Waals surface area contributed by atoms with Gasteiger partial charge in [-0.25, -0.2) is 4.79 Å². The molecule has 0 aromatic heterocycles. The van der Waals surface area contributed by atoms with E-state index in [9.17, 15) is 22.8 Å². The van der Waals surface area contributed by atoms with Gasteiger partial charge < -0.3 is 14.8 Å². The highest BCUT2D eigenvalue weighted by Crippen LogP contribution is 2.24. The smallest absolute Gasteiger partial charge is 0.411 e. The lowest BCUT2D eigenvalue weighted by Gasteiger charge is -2.10. The Morgan fingerprint density at radius 1 is 1.07 bits per heavy atom. The molecule has 1 N–H and O–H groups in total. The Morgan fingerprint density at radius 3 is 2.30 bits per heavy atom. The standard InChI is InChI=1S/C18H15ClF3NO4/c1-26-17(25)13-6-7-14(19)15(8-13)23-16(24)12-4-2-11(3-5-12)9-27-10-18(20,21)22/h2-8H,9-10H2,1H3,(H,23,24).